The van der Waals surface area contributed by atoms with Gasteiger partial charge in [-0.25, -0.2) is 0 Å². The minimum Gasteiger partial charge on any atom is -0.328 e. The molecule has 2 nitrogen and oxygen atoms in total. The van der Waals surface area contributed by atoms with E-state index in [-0.39, 0.29) is 0 Å². The molecule has 0 aromatic carbocycles. The van der Waals surface area contributed by atoms with Crippen molar-refractivity contribution in [1.82, 2.24) is 4.90 Å². The van der Waals surface area contributed by atoms with Crippen LogP contribution < -0.4 is 5.73 Å². The van der Waals surface area contributed by atoms with Crippen molar-refractivity contribution in [2.45, 2.75) is 25.8 Å². The molecule has 0 unspecified atom stereocenters. The topological polar surface area (TPSA) is 29.3 Å². The molecule has 1 fully saturated rings. The lowest BCUT2D eigenvalue weighted by molar-refractivity contribution is 0.176. The number of nitrogens with two attached hydrogens (primary N) is 1. The molecule has 0 aliphatic carbocycles. The molecule has 2 heteroatoms. The number of rotatable bonds is 3. The highest BCUT2D eigenvalue weighted by Crippen LogP contribution is 2.05. The number of hydrogen-bond acceptors (Lipinski definition) is 2. The largest absolute Gasteiger partial charge is 0.328 e. The van der Waals surface area contributed by atoms with Gasteiger partial charge in [-0.1, -0.05) is 0 Å². The highest BCUT2D eigenvalue weighted by molar-refractivity contribution is 4.69. The fourth-order valence-electron chi connectivity index (χ4n) is 0.992. The van der Waals surface area contributed by atoms with E-state index in [2.05, 4.69) is 11.8 Å². The maximum atomic E-state index is 5.59. The lowest BCUT2D eigenvalue weighted by atomic mass is 10.2. The van der Waals surface area contributed by atoms with Gasteiger partial charge in [0.25, 0.3) is 0 Å². The van der Waals surface area contributed by atoms with Crippen LogP contribution in [0.5, 0.6) is 0 Å². The third-order valence-corrected chi connectivity index (χ3v) is 1.85. The van der Waals surface area contributed by atoms with Crippen molar-refractivity contribution in [3.05, 3.63) is 0 Å². The van der Waals surface area contributed by atoms with Gasteiger partial charge in [-0.3, -0.25) is 0 Å². The van der Waals surface area contributed by atoms with Crippen LogP contribution >= 0.6 is 0 Å². The quantitative estimate of drug-likeness (QED) is 0.597. The van der Waals surface area contributed by atoms with E-state index in [1.54, 1.807) is 0 Å². The predicted molar refractivity (Wildman–Crippen MR) is 39.3 cm³/mol. The van der Waals surface area contributed by atoms with Crippen LogP contribution in [0.15, 0.2) is 0 Å². The van der Waals surface area contributed by atoms with Gasteiger partial charge < -0.3 is 10.6 Å². The zero-order valence-corrected chi connectivity index (χ0v) is 6.14. The monoisotopic (exact) mass is 128 g/mol. The van der Waals surface area contributed by atoms with Gasteiger partial charge in [0.1, 0.15) is 0 Å². The summed E-state index contributed by atoms with van der Waals surface area (Å²) >= 11 is 0. The summed E-state index contributed by atoms with van der Waals surface area (Å²) in [5, 5.41) is 0. The Morgan fingerprint density at radius 1 is 1.56 bits per heavy atom. The Labute approximate surface area is 57.0 Å². The standard InChI is InChI=1S/C7H16N2/c1-7(8)3-6-9-4-2-5-9/h7H,2-6,8H2,1H3/t7-/m0/s1. The molecule has 0 saturated carbocycles. The molecule has 1 rings (SSSR count). The Bertz CT molecular complexity index is 77.0. The Morgan fingerprint density at radius 3 is 2.56 bits per heavy atom. The van der Waals surface area contributed by atoms with Gasteiger partial charge in [-0.05, 0) is 39.4 Å². The first-order valence-corrected chi connectivity index (χ1v) is 3.77. The molecule has 1 heterocycles. The molecule has 9 heavy (non-hydrogen) atoms. The Hall–Kier alpha value is -0.0800. The van der Waals surface area contributed by atoms with Crippen molar-refractivity contribution < 1.29 is 0 Å². The fourth-order valence-corrected chi connectivity index (χ4v) is 0.992. The normalized spacial score (nSPS) is 23.3. The van der Waals surface area contributed by atoms with Crippen molar-refractivity contribution in [2.24, 2.45) is 5.73 Å². The van der Waals surface area contributed by atoms with Crippen molar-refractivity contribution >= 4 is 0 Å². The van der Waals surface area contributed by atoms with Crippen LogP contribution in [0.3, 0.4) is 0 Å². The van der Waals surface area contributed by atoms with Crippen molar-refractivity contribution in [2.75, 3.05) is 19.6 Å². The SMILES string of the molecule is C[C@H](N)CCN1CCC1. The van der Waals surface area contributed by atoms with Crippen LogP contribution in [0.25, 0.3) is 0 Å². The van der Waals surface area contributed by atoms with E-state index in [1.165, 1.54) is 26.1 Å². The maximum absolute atomic E-state index is 5.59. The first kappa shape index (κ1) is 7.03. The Balaban J connectivity index is 1.91. The molecule has 0 amide bonds. The second-order valence-corrected chi connectivity index (χ2v) is 2.96. The smallest absolute Gasteiger partial charge is 0.00226 e. The molecule has 0 spiro atoms. The van der Waals surface area contributed by atoms with E-state index >= 15 is 0 Å². The van der Waals surface area contributed by atoms with E-state index in [0.29, 0.717) is 6.04 Å². The van der Waals surface area contributed by atoms with Gasteiger partial charge in [0.2, 0.25) is 0 Å². The van der Waals surface area contributed by atoms with E-state index in [9.17, 15) is 0 Å². The predicted octanol–water partition coefficient (Wildman–Crippen LogP) is 0.429. The van der Waals surface area contributed by atoms with Gasteiger partial charge in [-0.15, -0.1) is 0 Å². The van der Waals surface area contributed by atoms with E-state index in [4.69, 9.17) is 5.73 Å². The summed E-state index contributed by atoms with van der Waals surface area (Å²) in [5.41, 5.74) is 5.59. The minimum atomic E-state index is 0.380. The van der Waals surface area contributed by atoms with Gasteiger partial charge in [0.05, 0.1) is 0 Å². The summed E-state index contributed by atoms with van der Waals surface area (Å²) in [7, 11) is 0. The average Bonchev–Trinajstić information content (AvgIpc) is 1.60. The highest BCUT2D eigenvalue weighted by atomic mass is 15.2. The van der Waals surface area contributed by atoms with Gasteiger partial charge in [0.15, 0.2) is 0 Å². The molecule has 0 aromatic heterocycles. The second-order valence-electron chi connectivity index (χ2n) is 2.96. The van der Waals surface area contributed by atoms with Crippen LogP contribution in [0.2, 0.25) is 0 Å². The summed E-state index contributed by atoms with van der Waals surface area (Å²) in [4.78, 5) is 2.45. The summed E-state index contributed by atoms with van der Waals surface area (Å²) in [6.07, 6.45) is 2.54. The van der Waals surface area contributed by atoms with Gasteiger partial charge in [-0.2, -0.15) is 0 Å². The third kappa shape index (κ3) is 2.33. The first-order valence-electron chi connectivity index (χ1n) is 3.77. The van der Waals surface area contributed by atoms with E-state index in [0.717, 1.165) is 6.42 Å². The third-order valence-electron chi connectivity index (χ3n) is 1.85. The van der Waals surface area contributed by atoms with E-state index < -0.39 is 0 Å². The lowest BCUT2D eigenvalue weighted by Gasteiger charge is -2.31. The van der Waals surface area contributed by atoms with Crippen molar-refractivity contribution in [3.63, 3.8) is 0 Å². The Morgan fingerprint density at radius 2 is 2.22 bits per heavy atom. The summed E-state index contributed by atoms with van der Waals surface area (Å²) in [6, 6.07) is 0.380. The molecular weight excluding hydrogens is 112 g/mol. The zero-order chi connectivity index (χ0) is 6.69. The van der Waals surface area contributed by atoms with Crippen LogP contribution in [-0.4, -0.2) is 30.6 Å². The molecule has 0 aromatic rings. The summed E-state index contributed by atoms with van der Waals surface area (Å²) in [5.74, 6) is 0. The molecule has 1 aliphatic heterocycles. The number of hydrogen-bond donors (Lipinski definition) is 1. The highest BCUT2D eigenvalue weighted by Gasteiger charge is 2.12. The Kier molecular flexibility index (Phi) is 2.49. The zero-order valence-electron chi connectivity index (χ0n) is 6.14. The van der Waals surface area contributed by atoms with Crippen LogP contribution in [0.1, 0.15) is 19.8 Å². The lowest BCUT2D eigenvalue weighted by Crippen LogP contribution is -2.39. The van der Waals surface area contributed by atoms with Crippen molar-refractivity contribution in [1.29, 1.82) is 0 Å². The maximum Gasteiger partial charge on any atom is 0.00226 e. The molecule has 0 bridgehead atoms. The molecule has 1 saturated heterocycles. The van der Waals surface area contributed by atoms with Crippen molar-refractivity contribution in [3.8, 4) is 0 Å². The number of nitrogens with zero attached hydrogens (tertiary/aromatic N) is 1. The van der Waals surface area contributed by atoms with Crippen LogP contribution in [0, 0.1) is 0 Å². The van der Waals surface area contributed by atoms with Crippen LogP contribution in [0.4, 0.5) is 0 Å². The minimum absolute atomic E-state index is 0.380. The van der Waals surface area contributed by atoms with Gasteiger partial charge in [0, 0.05) is 6.04 Å². The second kappa shape index (κ2) is 3.18. The first-order chi connectivity index (χ1) is 4.29. The number of likely N-dealkylation sites (tertiary alicyclic amines) is 1. The molecule has 1 aliphatic rings. The summed E-state index contributed by atoms with van der Waals surface area (Å²) in [6.45, 7) is 5.87. The molecular formula is C7H16N2. The average molecular weight is 128 g/mol. The van der Waals surface area contributed by atoms with Gasteiger partial charge >= 0.3 is 0 Å². The molecule has 0 radical (unpaired) electrons. The molecule has 1 atom stereocenters. The van der Waals surface area contributed by atoms with Crippen LogP contribution in [-0.2, 0) is 0 Å². The fraction of sp³-hybridized carbons (Fsp3) is 1.00. The molecule has 54 valence electrons. The summed E-state index contributed by atoms with van der Waals surface area (Å²) < 4.78 is 0. The van der Waals surface area contributed by atoms with E-state index in [1.807, 2.05) is 0 Å². The molecule has 2 N–H and O–H groups in total.